The number of hydrogen-bond acceptors (Lipinski definition) is 6. The van der Waals surface area contributed by atoms with Crippen LogP contribution in [0.25, 0.3) is 0 Å². The Morgan fingerprint density at radius 3 is 2.31 bits per heavy atom. The van der Waals surface area contributed by atoms with E-state index in [9.17, 15) is 14.4 Å². The summed E-state index contributed by atoms with van der Waals surface area (Å²) in [5.41, 5.74) is 0.470. The average Bonchev–Trinajstić information content (AvgIpc) is 3.05. The van der Waals surface area contributed by atoms with Crippen LogP contribution in [0.5, 0.6) is 0 Å². The highest BCUT2D eigenvalue weighted by molar-refractivity contribution is 6.01. The van der Waals surface area contributed by atoms with Crippen LogP contribution in [0.3, 0.4) is 0 Å². The third-order valence-electron chi connectivity index (χ3n) is 5.30. The maximum atomic E-state index is 12.8. The third-order valence-corrected chi connectivity index (χ3v) is 5.30. The molecule has 1 atom stereocenters. The summed E-state index contributed by atoms with van der Waals surface area (Å²) in [7, 11) is 0. The molecule has 6 nitrogen and oxygen atoms in total. The molecule has 29 heavy (non-hydrogen) atoms. The Balaban J connectivity index is 2.45. The van der Waals surface area contributed by atoms with Gasteiger partial charge in [0.15, 0.2) is 5.41 Å². The molecule has 0 aromatic heterocycles. The lowest BCUT2D eigenvalue weighted by molar-refractivity contribution is -0.171. The smallest absolute Gasteiger partial charge is 0.331 e. The molecule has 0 aliphatic heterocycles. The van der Waals surface area contributed by atoms with Crippen molar-refractivity contribution in [2.45, 2.75) is 59.3 Å². The zero-order valence-corrected chi connectivity index (χ0v) is 17.7. The first kappa shape index (κ1) is 22.9. The molecule has 1 saturated carbocycles. The molecule has 1 unspecified atom stereocenters. The minimum Gasteiger partial charge on any atom is -0.465 e. The van der Waals surface area contributed by atoms with Gasteiger partial charge in [-0.05, 0) is 70.8 Å². The molecule has 160 valence electrons. The van der Waals surface area contributed by atoms with Crippen molar-refractivity contribution in [2.24, 2.45) is 11.3 Å². The fraction of sp³-hybridized carbons (Fsp3) is 0.609. The first-order valence-electron chi connectivity index (χ1n) is 10.6. The minimum atomic E-state index is -1.34. The Labute approximate surface area is 173 Å². The van der Waals surface area contributed by atoms with Crippen LogP contribution in [0.1, 0.15) is 59.3 Å². The Hall–Kier alpha value is -2.37. The van der Waals surface area contributed by atoms with Crippen molar-refractivity contribution in [2.75, 3.05) is 19.8 Å². The topological polar surface area (TPSA) is 78.9 Å². The summed E-state index contributed by atoms with van der Waals surface area (Å²) in [4.78, 5) is 37.6. The number of hydrogen-bond donors (Lipinski definition) is 0. The molecular formula is C23H32O6. The van der Waals surface area contributed by atoms with Crippen LogP contribution in [0.2, 0.25) is 0 Å². The number of allylic oxidation sites excluding steroid dienone is 5. The highest BCUT2D eigenvalue weighted by Crippen LogP contribution is 2.48. The quantitative estimate of drug-likeness (QED) is 0.218. The number of carbonyl (C=O) groups is 3. The number of esters is 3. The fourth-order valence-electron chi connectivity index (χ4n) is 3.95. The molecule has 2 rings (SSSR count). The highest BCUT2D eigenvalue weighted by atomic mass is 16.6. The van der Waals surface area contributed by atoms with Crippen LogP contribution in [0.4, 0.5) is 0 Å². The Morgan fingerprint density at radius 1 is 1.03 bits per heavy atom. The van der Waals surface area contributed by atoms with E-state index in [1.54, 1.807) is 20.8 Å². The molecule has 0 heterocycles. The zero-order chi connectivity index (χ0) is 21.3. The van der Waals surface area contributed by atoms with Crippen LogP contribution in [-0.4, -0.2) is 37.7 Å². The van der Waals surface area contributed by atoms with Gasteiger partial charge in [0.2, 0.25) is 0 Å². The molecule has 0 spiro atoms. The van der Waals surface area contributed by atoms with E-state index >= 15 is 0 Å². The summed E-state index contributed by atoms with van der Waals surface area (Å²) < 4.78 is 15.6. The van der Waals surface area contributed by atoms with Gasteiger partial charge in [0, 0.05) is 6.08 Å². The summed E-state index contributed by atoms with van der Waals surface area (Å²) in [6.45, 7) is 5.94. The second-order valence-corrected chi connectivity index (χ2v) is 7.37. The van der Waals surface area contributed by atoms with Gasteiger partial charge in [-0.25, -0.2) is 4.79 Å². The molecular weight excluding hydrogens is 372 g/mol. The lowest BCUT2D eigenvalue weighted by Gasteiger charge is -2.24. The maximum absolute atomic E-state index is 12.8. The van der Waals surface area contributed by atoms with E-state index in [2.05, 4.69) is 12.2 Å². The average molecular weight is 405 g/mol. The first-order valence-corrected chi connectivity index (χ1v) is 10.6. The van der Waals surface area contributed by atoms with E-state index in [-0.39, 0.29) is 31.5 Å². The van der Waals surface area contributed by atoms with Crippen molar-refractivity contribution in [3.63, 3.8) is 0 Å². The van der Waals surface area contributed by atoms with E-state index in [1.807, 2.05) is 6.08 Å². The lowest BCUT2D eigenvalue weighted by atomic mass is 9.85. The summed E-state index contributed by atoms with van der Waals surface area (Å²) in [6, 6.07) is 0. The molecule has 0 radical (unpaired) electrons. The molecule has 0 saturated heterocycles. The number of rotatable bonds is 6. The van der Waals surface area contributed by atoms with Gasteiger partial charge in [0.25, 0.3) is 0 Å². The van der Waals surface area contributed by atoms with Crippen LogP contribution in [0, 0.1) is 11.3 Å². The van der Waals surface area contributed by atoms with Gasteiger partial charge in [0.05, 0.1) is 19.8 Å². The van der Waals surface area contributed by atoms with E-state index in [0.717, 1.165) is 36.8 Å². The lowest BCUT2D eigenvalue weighted by Crippen LogP contribution is -2.40. The van der Waals surface area contributed by atoms with Gasteiger partial charge in [0.1, 0.15) is 0 Å². The standard InChI is InChI=1S/C23H32O6/c1-4-27-20(24)14-17-11-9-7-8-10-12-18-15-23(16-19(18)13-17,21(25)28-5-2)22(26)29-6-3/h10,12-14,18H,4-9,11,15-16H2,1-3H3/b12-10-,17-14+,19-13-. The van der Waals surface area contributed by atoms with Crippen molar-refractivity contribution < 1.29 is 28.6 Å². The van der Waals surface area contributed by atoms with E-state index in [1.165, 1.54) is 6.08 Å². The van der Waals surface area contributed by atoms with Gasteiger partial charge in [-0.1, -0.05) is 23.8 Å². The molecule has 2 aliphatic carbocycles. The van der Waals surface area contributed by atoms with Crippen LogP contribution in [0.15, 0.2) is 35.5 Å². The molecule has 1 fully saturated rings. The summed E-state index contributed by atoms with van der Waals surface area (Å²) >= 11 is 0. The van der Waals surface area contributed by atoms with Gasteiger partial charge < -0.3 is 14.2 Å². The summed E-state index contributed by atoms with van der Waals surface area (Å²) in [5.74, 6) is -1.52. The molecule has 0 amide bonds. The number of ether oxygens (including phenoxy) is 3. The van der Waals surface area contributed by atoms with Crippen LogP contribution >= 0.6 is 0 Å². The monoisotopic (exact) mass is 404 g/mol. The van der Waals surface area contributed by atoms with Crippen molar-refractivity contribution in [1.82, 2.24) is 0 Å². The van der Waals surface area contributed by atoms with E-state index in [4.69, 9.17) is 14.2 Å². The van der Waals surface area contributed by atoms with Crippen molar-refractivity contribution >= 4 is 17.9 Å². The Bertz CT molecular complexity index is 682. The van der Waals surface area contributed by atoms with Gasteiger partial charge in [-0.15, -0.1) is 0 Å². The zero-order valence-electron chi connectivity index (χ0n) is 17.7. The van der Waals surface area contributed by atoms with Gasteiger partial charge >= 0.3 is 17.9 Å². The van der Waals surface area contributed by atoms with E-state index in [0.29, 0.717) is 13.0 Å². The first-order chi connectivity index (χ1) is 14.0. The van der Waals surface area contributed by atoms with Crippen molar-refractivity contribution in [3.8, 4) is 0 Å². The third kappa shape index (κ3) is 5.81. The molecule has 0 aromatic rings. The van der Waals surface area contributed by atoms with E-state index < -0.39 is 17.4 Å². The second kappa shape index (κ2) is 11.0. The largest absolute Gasteiger partial charge is 0.465 e. The SMILES string of the molecule is CCOC(=O)/C=C1/C=C2/CC(C(=O)OCC)(C(=O)OCC)CC2/C=C\CCCC1. The maximum Gasteiger partial charge on any atom is 0.331 e. The van der Waals surface area contributed by atoms with Crippen molar-refractivity contribution in [3.05, 3.63) is 35.5 Å². The summed E-state index contributed by atoms with van der Waals surface area (Å²) in [5, 5.41) is 0. The van der Waals surface area contributed by atoms with Gasteiger partial charge in [-0.2, -0.15) is 0 Å². The Kier molecular flexibility index (Phi) is 8.68. The highest BCUT2D eigenvalue weighted by Gasteiger charge is 2.55. The predicted molar refractivity (Wildman–Crippen MR) is 109 cm³/mol. The molecule has 0 aromatic carbocycles. The van der Waals surface area contributed by atoms with Crippen LogP contribution < -0.4 is 0 Å². The minimum absolute atomic E-state index is 0.0764. The second-order valence-electron chi connectivity index (χ2n) is 7.37. The molecule has 2 aliphatic rings. The van der Waals surface area contributed by atoms with Crippen LogP contribution in [-0.2, 0) is 28.6 Å². The van der Waals surface area contributed by atoms with Gasteiger partial charge in [-0.3, -0.25) is 9.59 Å². The predicted octanol–water partition coefficient (Wildman–Crippen LogP) is 4.06. The normalized spacial score (nSPS) is 25.3. The summed E-state index contributed by atoms with van der Waals surface area (Å²) in [6.07, 6.45) is 11.8. The number of fused-ring (bicyclic) bond motifs is 1. The van der Waals surface area contributed by atoms with Crippen molar-refractivity contribution in [1.29, 1.82) is 0 Å². The molecule has 0 bridgehead atoms. The molecule has 6 heteroatoms. The molecule has 0 N–H and O–H groups in total. The number of carbonyl (C=O) groups excluding carboxylic acids is 3. The fourth-order valence-corrected chi connectivity index (χ4v) is 3.95. The Morgan fingerprint density at radius 2 is 1.69 bits per heavy atom.